The van der Waals surface area contributed by atoms with Crippen LogP contribution in [0.25, 0.3) is 10.2 Å². The van der Waals surface area contributed by atoms with Crippen LogP contribution in [0.2, 0.25) is 5.02 Å². The van der Waals surface area contributed by atoms with Gasteiger partial charge in [0.1, 0.15) is 5.75 Å². The quantitative estimate of drug-likeness (QED) is 0.663. The number of hydrogen-bond donors (Lipinski definition) is 0. The summed E-state index contributed by atoms with van der Waals surface area (Å²) in [6.07, 6.45) is 0. The van der Waals surface area contributed by atoms with Gasteiger partial charge in [-0.05, 0) is 36.4 Å². The Kier molecular flexibility index (Phi) is 3.55. The van der Waals surface area contributed by atoms with Gasteiger partial charge in [-0.3, -0.25) is 4.57 Å². The maximum Gasteiger partial charge on any atom is 0.302 e. The Morgan fingerprint density at radius 1 is 1.15 bits per heavy atom. The molecule has 3 aromatic rings. The van der Waals surface area contributed by atoms with Crippen molar-refractivity contribution in [2.24, 2.45) is 0 Å². The fraction of sp³-hybridized carbons (Fsp3) is 0.0714. The summed E-state index contributed by atoms with van der Waals surface area (Å²) in [5, 5.41) is 0.614. The van der Waals surface area contributed by atoms with Crippen molar-refractivity contribution in [3.05, 3.63) is 53.6 Å². The summed E-state index contributed by atoms with van der Waals surface area (Å²) < 4.78 is 19.9. The van der Waals surface area contributed by atoms with Gasteiger partial charge >= 0.3 is 7.37 Å². The highest BCUT2D eigenvalue weighted by Gasteiger charge is 2.25. The highest BCUT2D eigenvalue weighted by molar-refractivity contribution is 7.72. The van der Waals surface area contributed by atoms with Crippen LogP contribution < -0.4 is 9.27 Å². The molecular weight excluding hydrogens is 313 g/mol. The van der Waals surface area contributed by atoms with Crippen LogP contribution in [0.3, 0.4) is 0 Å². The molecule has 20 heavy (non-hydrogen) atoms. The van der Waals surface area contributed by atoms with Crippen molar-refractivity contribution >= 4 is 45.3 Å². The Morgan fingerprint density at radius 3 is 2.55 bits per heavy atom. The molecule has 0 radical (unpaired) electrons. The van der Waals surface area contributed by atoms with Crippen molar-refractivity contribution in [2.75, 3.05) is 6.66 Å². The minimum Gasteiger partial charge on any atom is -0.439 e. The van der Waals surface area contributed by atoms with Crippen LogP contribution in [0.4, 0.5) is 0 Å². The summed E-state index contributed by atoms with van der Waals surface area (Å²) in [6.45, 7) is 1.58. The first kappa shape index (κ1) is 13.6. The van der Waals surface area contributed by atoms with Crippen molar-refractivity contribution in [1.82, 2.24) is 4.98 Å². The zero-order chi connectivity index (χ0) is 14.2. The van der Waals surface area contributed by atoms with Crippen LogP contribution in [0.1, 0.15) is 0 Å². The summed E-state index contributed by atoms with van der Waals surface area (Å²) in [5.41, 5.74) is 0.842. The van der Waals surface area contributed by atoms with Gasteiger partial charge in [0, 0.05) is 11.7 Å². The zero-order valence-electron chi connectivity index (χ0n) is 10.6. The van der Waals surface area contributed by atoms with Crippen molar-refractivity contribution in [3.8, 4) is 5.75 Å². The van der Waals surface area contributed by atoms with Crippen LogP contribution in [0.5, 0.6) is 5.75 Å². The molecule has 0 amide bonds. The van der Waals surface area contributed by atoms with E-state index in [0.717, 1.165) is 10.2 Å². The highest BCUT2D eigenvalue weighted by Crippen LogP contribution is 2.44. The van der Waals surface area contributed by atoms with E-state index >= 15 is 0 Å². The maximum atomic E-state index is 12.7. The monoisotopic (exact) mass is 323 g/mol. The normalized spacial score (nSPS) is 14.1. The molecule has 1 aromatic heterocycles. The third-order valence-electron chi connectivity index (χ3n) is 2.72. The molecule has 0 N–H and O–H groups in total. The number of nitrogens with zero attached hydrogens (tertiary/aromatic N) is 1. The van der Waals surface area contributed by atoms with Crippen LogP contribution in [-0.2, 0) is 4.57 Å². The van der Waals surface area contributed by atoms with E-state index in [9.17, 15) is 4.57 Å². The van der Waals surface area contributed by atoms with E-state index in [1.54, 1.807) is 30.9 Å². The lowest BCUT2D eigenvalue weighted by molar-refractivity contribution is 0.498. The van der Waals surface area contributed by atoms with Crippen molar-refractivity contribution in [3.63, 3.8) is 0 Å². The molecule has 0 aliphatic heterocycles. The molecule has 2 aromatic carbocycles. The predicted octanol–water partition coefficient (Wildman–Crippen LogP) is 4.56. The molecule has 3 rings (SSSR count). The number of hydrogen-bond acceptors (Lipinski definition) is 4. The summed E-state index contributed by atoms with van der Waals surface area (Å²) in [5.74, 6) is 0.527. The summed E-state index contributed by atoms with van der Waals surface area (Å²) in [7, 11) is -2.99. The number of halogens is 1. The van der Waals surface area contributed by atoms with Gasteiger partial charge in [-0.2, -0.15) is 0 Å². The Balaban J connectivity index is 1.94. The lowest BCUT2D eigenvalue weighted by Gasteiger charge is -2.12. The molecule has 0 bridgehead atoms. The van der Waals surface area contributed by atoms with E-state index in [1.165, 1.54) is 11.3 Å². The second kappa shape index (κ2) is 5.21. The van der Waals surface area contributed by atoms with Crippen LogP contribution in [0.15, 0.2) is 48.5 Å². The fourth-order valence-corrected chi connectivity index (χ4v) is 4.56. The first-order valence-corrected chi connectivity index (χ1v) is 9.20. The average Bonchev–Trinajstić information content (AvgIpc) is 2.86. The van der Waals surface area contributed by atoms with E-state index in [-0.39, 0.29) is 0 Å². The molecule has 102 valence electrons. The van der Waals surface area contributed by atoms with Gasteiger partial charge in [-0.15, -0.1) is 11.3 Å². The first-order valence-electron chi connectivity index (χ1n) is 5.93. The maximum absolute atomic E-state index is 12.7. The Hall–Kier alpha value is -1.35. The molecule has 0 aliphatic rings. The second-order valence-electron chi connectivity index (χ2n) is 4.36. The first-order chi connectivity index (χ1) is 9.54. The minimum atomic E-state index is -2.99. The molecule has 0 spiro atoms. The topological polar surface area (TPSA) is 39.2 Å². The molecule has 1 heterocycles. The van der Waals surface area contributed by atoms with Gasteiger partial charge in [0.25, 0.3) is 0 Å². The number of benzene rings is 2. The summed E-state index contributed by atoms with van der Waals surface area (Å²) in [4.78, 5) is 4.40. The summed E-state index contributed by atoms with van der Waals surface area (Å²) >= 11 is 7.22. The largest absolute Gasteiger partial charge is 0.439 e. The van der Waals surface area contributed by atoms with Gasteiger partial charge in [-0.1, -0.05) is 23.7 Å². The number of para-hydroxylation sites is 1. The lowest BCUT2D eigenvalue weighted by Crippen LogP contribution is -2.07. The van der Waals surface area contributed by atoms with Crippen LogP contribution >= 0.6 is 30.3 Å². The van der Waals surface area contributed by atoms with Crippen LogP contribution in [0, 0.1) is 0 Å². The molecule has 0 fully saturated rings. The Labute approximate surface area is 125 Å². The van der Waals surface area contributed by atoms with E-state index in [4.69, 9.17) is 16.1 Å². The second-order valence-corrected chi connectivity index (χ2v) is 8.42. The van der Waals surface area contributed by atoms with Gasteiger partial charge in [-0.25, -0.2) is 4.98 Å². The third-order valence-corrected chi connectivity index (χ3v) is 6.44. The minimum absolute atomic E-state index is 0.522. The third kappa shape index (κ3) is 2.73. The SMILES string of the molecule is C[P@@](=O)(Oc1ccc(Cl)cc1)c1nc2ccccc2s1. The smallest absolute Gasteiger partial charge is 0.302 e. The van der Waals surface area contributed by atoms with E-state index in [0.29, 0.717) is 15.5 Å². The van der Waals surface area contributed by atoms with Crippen LogP contribution in [-0.4, -0.2) is 11.6 Å². The standard InChI is InChI=1S/C14H11ClNO2PS/c1-19(17,18-11-8-6-10(15)7-9-11)14-16-12-4-2-3-5-13(12)20-14/h2-9H,1H3/t19-/m1/s1. The van der Waals surface area contributed by atoms with E-state index in [2.05, 4.69) is 4.98 Å². The van der Waals surface area contributed by atoms with E-state index in [1.807, 2.05) is 24.3 Å². The Morgan fingerprint density at radius 2 is 1.85 bits per heavy atom. The number of thiazole rings is 1. The molecule has 0 saturated carbocycles. The fourth-order valence-electron chi connectivity index (χ4n) is 1.77. The van der Waals surface area contributed by atoms with Gasteiger partial charge in [0.2, 0.25) is 0 Å². The number of fused-ring (bicyclic) bond motifs is 1. The van der Waals surface area contributed by atoms with Crippen molar-refractivity contribution in [2.45, 2.75) is 0 Å². The number of aromatic nitrogens is 1. The highest BCUT2D eigenvalue weighted by atomic mass is 35.5. The van der Waals surface area contributed by atoms with Gasteiger partial charge in [0.05, 0.1) is 10.2 Å². The van der Waals surface area contributed by atoms with E-state index < -0.39 is 7.37 Å². The molecule has 6 heteroatoms. The number of rotatable bonds is 3. The lowest BCUT2D eigenvalue weighted by atomic mass is 10.3. The van der Waals surface area contributed by atoms with Crippen molar-refractivity contribution < 1.29 is 9.09 Å². The zero-order valence-corrected chi connectivity index (χ0v) is 13.1. The average molecular weight is 324 g/mol. The molecule has 0 aliphatic carbocycles. The van der Waals surface area contributed by atoms with Gasteiger partial charge < -0.3 is 4.52 Å². The van der Waals surface area contributed by atoms with Crippen molar-refractivity contribution in [1.29, 1.82) is 0 Å². The predicted molar refractivity (Wildman–Crippen MR) is 84.9 cm³/mol. The molecule has 1 atom stereocenters. The molecule has 0 saturated heterocycles. The molecule has 0 unspecified atom stereocenters. The molecule has 3 nitrogen and oxygen atoms in total. The molecular formula is C14H11ClNO2PS. The summed E-state index contributed by atoms with van der Waals surface area (Å²) in [6, 6.07) is 14.5. The Bertz CT molecular complexity index is 767. The van der Waals surface area contributed by atoms with Gasteiger partial charge in [0.15, 0.2) is 4.75 Å².